The number of hydrogen-bond acceptors (Lipinski definition) is 6. The molecule has 160 valence electrons. The van der Waals surface area contributed by atoms with Crippen LogP contribution in [0.4, 0.5) is 4.79 Å². The quantitative estimate of drug-likeness (QED) is 0.618. The lowest BCUT2D eigenvalue weighted by Crippen LogP contribution is -2.44. The first-order chi connectivity index (χ1) is 14.3. The molecular weight excluding hydrogens is 412 g/mol. The van der Waals surface area contributed by atoms with Crippen molar-refractivity contribution in [3.05, 3.63) is 58.6 Å². The minimum Gasteiger partial charge on any atom is -0.493 e. The highest BCUT2D eigenvalue weighted by molar-refractivity contribution is 6.31. The zero-order valence-electron chi connectivity index (χ0n) is 16.9. The van der Waals surface area contributed by atoms with Crippen molar-refractivity contribution >= 4 is 29.5 Å². The molecule has 0 aromatic heterocycles. The summed E-state index contributed by atoms with van der Waals surface area (Å²) in [5.41, 5.74) is 0.964. The van der Waals surface area contributed by atoms with Gasteiger partial charge in [0.25, 0.3) is 5.91 Å². The molecule has 0 spiro atoms. The maximum absolute atomic E-state index is 12.4. The van der Waals surface area contributed by atoms with Crippen molar-refractivity contribution in [1.29, 1.82) is 0 Å². The molecule has 3 amide bonds. The Morgan fingerprint density at radius 3 is 2.50 bits per heavy atom. The summed E-state index contributed by atoms with van der Waals surface area (Å²) in [5, 5.41) is 5.08. The number of nitrogens with one attached hydrogen (secondary N) is 2. The van der Waals surface area contributed by atoms with Crippen molar-refractivity contribution in [3.63, 3.8) is 0 Å². The van der Waals surface area contributed by atoms with E-state index in [9.17, 15) is 14.4 Å². The smallest absolute Gasteiger partial charge is 0.339 e. The van der Waals surface area contributed by atoms with Crippen LogP contribution in [0.1, 0.15) is 29.8 Å². The molecular formula is C21H23ClN2O6. The highest BCUT2D eigenvalue weighted by Crippen LogP contribution is 2.30. The summed E-state index contributed by atoms with van der Waals surface area (Å²) in [6.07, 6.45) is -1.16. The summed E-state index contributed by atoms with van der Waals surface area (Å²) < 4.78 is 16.2. The summed E-state index contributed by atoms with van der Waals surface area (Å²) in [7, 11) is 1.44. The predicted octanol–water partition coefficient (Wildman–Crippen LogP) is 3.32. The fourth-order valence-electron chi connectivity index (χ4n) is 2.39. The second-order valence-corrected chi connectivity index (χ2v) is 6.55. The second-order valence-electron chi connectivity index (χ2n) is 6.14. The Kier molecular flexibility index (Phi) is 8.49. The van der Waals surface area contributed by atoms with Crippen LogP contribution in [0.3, 0.4) is 0 Å². The molecule has 9 heteroatoms. The summed E-state index contributed by atoms with van der Waals surface area (Å²) in [6, 6.07) is 11.1. The van der Waals surface area contributed by atoms with Crippen molar-refractivity contribution in [1.82, 2.24) is 10.6 Å². The zero-order valence-corrected chi connectivity index (χ0v) is 17.6. The third kappa shape index (κ3) is 6.38. The molecule has 0 fully saturated rings. The Morgan fingerprint density at radius 2 is 1.83 bits per heavy atom. The molecule has 0 bridgehead atoms. The summed E-state index contributed by atoms with van der Waals surface area (Å²) in [5.74, 6) is -0.752. The summed E-state index contributed by atoms with van der Waals surface area (Å²) in [4.78, 5) is 35.7. The second kappa shape index (κ2) is 11.1. The Bertz CT molecular complexity index is 918. The molecule has 0 saturated heterocycles. The SMILES string of the molecule is CCNC(=O)NC(=O)C(C)OC(=O)c1ccc(OCc2ccccc2Cl)c(OC)c1. The van der Waals surface area contributed by atoms with Crippen LogP contribution in [0.5, 0.6) is 11.5 Å². The number of rotatable bonds is 8. The molecule has 1 atom stereocenters. The zero-order chi connectivity index (χ0) is 22.1. The number of imide groups is 1. The van der Waals surface area contributed by atoms with Crippen LogP contribution in [-0.4, -0.2) is 37.7 Å². The first-order valence-electron chi connectivity index (χ1n) is 9.19. The van der Waals surface area contributed by atoms with E-state index in [1.54, 1.807) is 19.1 Å². The van der Waals surface area contributed by atoms with Crippen LogP contribution in [0, 0.1) is 0 Å². The van der Waals surface area contributed by atoms with Crippen LogP contribution in [0.2, 0.25) is 5.02 Å². The number of hydrogen-bond donors (Lipinski definition) is 2. The molecule has 30 heavy (non-hydrogen) atoms. The first-order valence-corrected chi connectivity index (χ1v) is 9.57. The van der Waals surface area contributed by atoms with Crippen molar-refractivity contribution in [3.8, 4) is 11.5 Å². The molecule has 2 rings (SSSR count). The van der Waals surface area contributed by atoms with Gasteiger partial charge in [0.2, 0.25) is 0 Å². The maximum Gasteiger partial charge on any atom is 0.339 e. The van der Waals surface area contributed by atoms with E-state index in [1.807, 2.05) is 18.2 Å². The van der Waals surface area contributed by atoms with Crippen LogP contribution in [-0.2, 0) is 16.1 Å². The lowest BCUT2D eigenvalue weighted by atomic mass is 10.2. The molecule has 2 aromatic carbocycles. The number of methoxy groups -OCH3 is 1. The van der Waals surface area contributed by atoms with E-state index in [0.717, 1.165) is 5.56 Å². The van der Waals surface area contributed by atoms with E-state index in [2.05, 4.69) is 10.6 Å². The standard InChI is InChI=1S/C21H23ClN2O6/c1-4-23-21(27)24-19(25)13(2)30-20(26)14-9-10-17(18(11-14)28-3)29-12-15-7-5-6-8-16(15)22/h5-11,13H,4,12H2,1-3H3,(H2,23,24,25,27). The van der Waals surface area contributed by atoms with Gasteiger partial charge in [0.1, 0.15) is 6.61 Å². The van der Waals surface area contributed by atoms with Crippen molar-refractivity contribution < 1.29 is 28.6 Å². The van der Waals surface area contributed by atoms with Gasteiger partial charge in [-0.05, 0) is 38.1 Å². The van der Waals surface area contributed by atoms with E-state index in [-0.39, 0.29) is 12.2 Å². The average Bonchev–Trinajstić information content (AvgIpc) is 2.73. The number of carbonyl (C=O) groups is 3. The molecule has 0 heterocycles. The molecule has 2 N–H and O–H groups in total. The van der Waals surface area contributed by atoms with Gasteiger partial charge in [-0.3, -0.25) is 10.1 Å². The van der Waals surface area contributed by atoms with Gasteiger partial charge in [0.05, 0.1) is 12.7 Å². The van der Waals surface area contributed by atoms with Gasteiger partial charge in [-0.1, -0.05) is 29.8 Å². The van der Waals surface area contributed by atoms with E-state index < -0.39 is 24.0 Å². The number of esters is 1. The Labute approximate surface area is 179 Å². The lowest BCUT2D eigenvalue weighted by molar-refractivity contribution is -0.127. The van der Waals surface area contributed by atoms with Crippen molar-refractivity contribution in [2.45, 2.75) is 26.6 Å². The lowest BCUT2D eigenvalue weighted by Gasteiger charge is -2.15. The highest BCUT2D eigenvalue weighted by Gasteiger charge is 2.21. The minimum atomic E-state index is -1.16. The van der Waals surface area contributed by atoms with Gasteiger partial charge < -0.3 is 19.5 Å². The van der Waals surface area contributed by atoms with E-state index in [0.29, 0.717) is 23.1 Å². The molecule has 0 aliphatic rings. The van der Waals surface area contributed by atoms with Gasteiger partial charge in [-0.15, -0.1) is 0 Å². The van der Waals surface area contributed by atoms with E-state index in [1.165, 1.54) is 26.2 Å². The molecule has 8 nitrogen and oxygen atoms in total. The monoisotopic (exact) mass is 434 g/mol. The Balaban J connectivity index is 2.02. The largest absolute Gasteiger partial charge is 0.493 e. The topological polar surface area (TPSA) is 103 Å². The van der Waals surface area contributed by atoms with Crippen LogP contribution < -0.4 is 20.1 Å². The van der Waals surface area contributed by atoms with Gasteiger partial charge in [-0.25, -0.2) is 9.59 Å². The number of amides is 3. The Hall–Kier alpha value is -3.26. The van der Waals surface area contributed by atoms with Crippen molar-refractivity contribution in [2.75, 3.05) is 13.7 Å². The fraction of sp³-hybridized carbons (Fsp3) is 0.286. The van der Waals surface area contributed by atoms with Gasteiger partial charge >= 0.3 is 12.0 Å². The van der Waals surface area contributed by atoms with Gasteiger partial charge in [0, 0.05) is 17.1 Å². The number of ether oxygens (including phenoxy) is 3. The van der Waals surface area contributed by atoms with Crippen LogP contribution in [0.25, 0.3) is 0 Å². The maximum atomic E-state index is 12.4. The minimum absolute atomic E-state index is 0.162. The van der Waals surface area contributed by atoms with Gasteiger partial charge in [-0.2, -0.15) is 0 Å². The normalized spacial score (nSPS) is 11.2. The first kappa shape index (κ1) is 23.0. The van der Waals surface area contributed by atoms with Gasteiger partial charge in [0.15, 0.2) is 17.6 Å². The third-order valence-electron chi connectivity index (χ3n) is 3.97. The number of urea groups is 1. The van der Waals surface area contributed by atoms with E-state index >= 15 is 0 Å². The number of benzene rings is 2. The average molecular weight is 435 g/mol. The molecule has 0 saturated carbocycles. The fourth-order valence-corrected chi connectivity index (χ4v) is 2.58. The van der Waals surface area contributed by atoms with Crippen LogP contribution in [0.15, 0.2) is 42.5 Å². The molecule has 0 aliphatic carbocycles. The Morgan fingerprint density at radius 1 is 1.10 bits per heavy atom. The molecule has 1 unspecified atom stereocenters. The third-order valence-corrected chi connectivity index (χ3v) is 4.34. The molecule has 0 aliphatic heterocycles. The number of halogens is 1. The van der Waals surface area contributed by atoms with Crippen molar-refractivity contribution in [2.24, 2.45) is 0 Å². The predicted molar refractivity (Wildman–Crippen MR) is 111 cm³/mol. The summed E-state index contributed by atoms with van der Waals surface area (Å²) >= 11 is 6.12. The molecule has 0 radical (unpaired) electrons. The van der Waals surface area contributed by atoms with E-state index in [4.69, 9.17) is 25.8 Å². The number of carbonyl (C=O) groups excluding carboxylic acids is 3. The van der Waals surface area contributed by atoms with Crippen LogP contribution >= 0.6 is 11.6 Å². The highest BCUT2D eigenvalue weighted by atomic mass is 35.5. The summed E-state index contributed by atoms with van der Waals surface area (Å²) in [6.45, 7) is 3.66. The molecule has 2 aromatic rings.